The van der Waals surface area contributed by atoms with Crippen molar-refractivity contribution in [3.63, 3.8) is 0 Å². The minimum Gasteiger partial charge on any atom is -0.390 e. The smallest absolute Gasteiger partial charge is 0.282 e. The Morgan fingerprint density at radius 3 is 2.56 bits per heavy atom. The molecule has 0 saturated heterocycles. The van der Waals surface area contributed by atoms with Gasteiger partial charge in [-0.25, -0.2) is 13.8 Å². The Hall–Kier alpha value is -2.91. The molecule has 0 amide bonds. The van der Waals surface area contributed by atoms with Gasteiger partial charge in [-0.3, -0.25) is 0 Å². The lowest BCUT2D eigenvalue weighted by molar-refractivity contribution is -0.0512. The number of nitrogens with zero attached hydrogens (tertiary/aromatic N) is 2. The number of hydrogen-bond acceptors (Lipinski definition) is 5. The van der Waals surface area contributed by atoms with Crippen molar-refractivity contribution in [2.75, 3.05) is 13.2 Å². The van der Waals surface area contributed by atoms with E-state index in [4.69, 9.17) is 5.11 Å². The summed E-state index contributed by atoms with van der Waals surface area (Å²) in [5.74, 6) is -2.56. The molecule has 4 rings (SSSR count). The van der Waals surface area contributed by atoms with Crippen LogP contribution < -0.4 is 5.32 Å². The molecular formula is C28H33F2N3O3. The summed E-state index contributed by atoms with van der Waals surface area (Å²) >= 11 is 0. The molecule has 1 heterocycles. The molecule has 0 radical (unpaired) electrons. The molecule has 3 aromatic rings. The topological polar surface area (TPSA) is 90.5 Å². The average molecular weight is 498 g/mol. The zero-order chi connectivity index (χ0) is 25.9. The molecule has 3 atom stereocenters. The van der Waals surface area contributed by atoms with E-state index >= 15 is 0 Å². The quantitative estimate of drug-likeness (QED) is 0.292. The molecule has 6 nitrogen and oxygen atoms in total. The van der Waals surface area contributed by atoms with Crippen molar-refractivity contribution >= 4 is 0 Å². The van der Waals surface area contributed by atoms with Gasteiger partial charge in [0.1, 0.15) is 24.6 Å². The van der Waals surface area contributed by atoms with Gasteiger partial charge in [0.25, 0.3) is 5.92 Å². The zero-order valence-corrected chi connectivity index (χ0v) is 20.3. The Morgan fingerprint density at radius 2 is 1.92 bits per heavy atom. The SMILES string of the molecule is C=CC(C(O)c1ccc(-c2ccccc2)c(C2CC(NCC(F)(F)CO)C2)c1)n1ccnc1[C@H](C)O. The second-order valence-electron chi connectivity index (χ2n) is 9.51. The first-order valence-corrected chi connectivity index (χ1v) is 12.2. The van der Waals surface area contributed by atoms with Crippen LogP contribution in [0.2, 0.25) is 0 Å². The van der Waals surface area contributed by atoms with Crippen LogP contribution in [0.4, 0.5) is 8.78 Å². The van der Waals surface area contributed by atoms with E-state index in [0.29, 0.717) is 24.2 Å². The number of alkyl halides is 2. The van der Waals surface area contributed by atoms with Crippen molar-refractivity contribution in [1.29, 1.82) is 0 Å². The molecule has 0 spiro atoms. The third-order valence-electron chi connectivity index (χ3n) is 6.92. The predicted molar refractivity (Wildman–Crippen MR) is 135 cm³/mol. The molecular weight excluding hydrogens is 464 g/mol. The highest BCUT2D eigenvalue weighted by Crippen LogP contribution is 2.43. The molecule has 0 aliphatic heterocycles. The van der Waals surface area contributed by atoms with Gasteiger partial charge in [0.15, 0.2) is 0 Å². The number of aliphatic hydroxyl groups excluding tert-OH is 3. The maximum atomic E-state index is 13.5. The van der Waals surface area contributed by atoms with Crippen LogP contribution in [0, 0.1) is 0 Å². The Morgan fingerprint density at radius 1 is 1.19 bits per heavy atom. The molecule has 2 aromatic carbocycles. The van der Waals surface area contributed by atoms with Gasteiger partial charge in [-0.2, -0.15) is 0 Å². The average Bonchev–Trinajstić information content (AvgIpc) is 3.34. The Bertz CT molecular complexity index is 1160. The van der Waals surface area contributed by atoms with Crippen LogP contribution in [-0.2, 0) is 0 Å². The van der Waals surface area contributed by atoms with Gasteiger partial charge in [-0.15, -0.1) is 6.58 Å². The maximum absolute atomic E-state index is 13.5. The second kappa shape index (κ2) is 11.0. The first kappa shape index (κ1) is 26.2. The number of rotatable bonds is 11. The molecule has 36 heavy (non-hydrogen) atoms. The number of hydrogen-bond donors (Lipinski definition) is 4. The zero-order valence-electron chi connectivity index (χ0n) is 20.3. The van der Waals surface area contributed by atoms with Gasteiger partial charge >= 0.3 is 0 Å². The fourth-order valence-electron chi connectivity index (χ4n) is 4.86. The highest BCUT2D eigenvalue weighted by atomic mass is 19.3. The minimum atomic E-state index is -3.14. The summed E-state index contributed by atoms with van der Waals surface area (Å²) in [6.45, 7) is 3.79. The lowest BCUT2D eigenvalue weighted by Crippen LogP contribution is -2.46. The van der Waals surface area contributed by atoms with Gasteiger partial charge in [-0.1, -0.05) is 54.6 Å². The highest BCUT2D eigenvalue weighted by Gasteiger charge is 2.36. The van der Waals surface area contributed by atoms with Gasteiger partial charge < -0.3 is 25.2 Å². The van der Waals surface area contributed by atoms with E-state index in [1.165, 1.54) is 0 Å². The highest BCUT2D eigenvalue weighted by molar-refractivity contribution is 5.69. The second-order valence-corrected chi connectivity index (χ2v) is 9.51. The lowest BCUT2D eigenvalue weighted by atomic mass is 9.73. The predicted octanol–water partition coefficient (Wildman–Crippen LogP) is 4.53. The normalized spacial score (nSPS) is 20.4. The Labute approximate surface area is 209 Å². The van der Waals surface area contributed by atoms with Crippen LogP contribution in [0.15, 0.2) is 73.6 Å². The molecule has 1 fully saturated rings. The number of aromatic nitrogens is 2. The van der Waals surface area contributed by atoms with Crippen molar-refractivity contribution in [1.82, 2.24) is 14.9 Å². The van der Waals surface area contributed by atoms with Crippen LogP contribution in [-0.4, -0.2) is 50.0 Å². The van der Waals surface area contributed by atoms with Crippen LogP contribution in [0.3, 0.4) is 0 Å². The Kier molecular flexibility index (Phi) is 8.00. The van der Waals surface area contributed by atoms with E-state index in [-0.39, 0.29) is 12.0 Å². The van der Waals surface area contributed by atoms with E-state index in [1.807, 2.05) is 48.5 Å². The summed E-state index contributed by atoms with van der Waals surface area (Å²) in [6.07, 6.45) is 4.54. The minimum absolute atomic E-state index is 0.0647. The first-order chi connectivity index (χ1) is 17.2. The number of aliphatic hydroxyl groups is 3. The van der Waals surface area contributed by atoms with E-state index in [1.54, 1.807) is 30.0 Å². The van der Waals surface area contributed by atoms with Gasteiger partial charge in [-0.05, 0) is 47.9 Å². The largest absolute Gasteiger partial charge is 0.390 e. The van der Waals surface area contributed by atoms with E-state index in [0.717, 1.165) is 16.7 Å². The van der Waals surface area contributed by atoms with Gasteiger partial charge in [0.05, 0.1) is 12.6 Å². The summed E-state index contributed by atoms with van der Waals surface area (Å²) in [6, 6.07) is 15.2. The molecule has 1 saturated carbocycles. The van der Waals surface area contributed by atoms with Crippen LogP contribution in [0.25, 0.3) is 11.1 Å². The Balaban J connectivity index is 1.61. The number of imidazole rings is 1. The van der Waals surface area contributed by atoms with E-state index in [2.05, 4.69) is 16.9 Å². The molecule has 8 heteroatoms. The monoisotopic (exact) mass is 497 g/mol. The number of benzene rings is 2. The summed E-state index contributed by atoms with van der Waals surface area (Å²) in [5, 5.41) is 33.1. The molecule has 1 aromatic heterocycles. The van der Waals surface area contributed by atoms with Crippen molar-refractivity contribution in [2.45, 2.75) is 55.9 Å². The van der Waals surface area contributed by atoms with Crippen LogP contribution >= 0.6 is 0 Å². The molecule has 2 unspecified atom stereocenters. The third-order valence-corrected chi connectivity index (χ3v) is 6.92. The molecule has 1 aliphatic carbocycles. The maximum Gasteiger partial charge on any atom is 0.282 e. The standard InChI is InChI=1S/C28H33F2N3O3/c1-3-25(33-12-11-31-27(33)18(2)35)26(36)20-9-10-23(19-7-5-4-6-8-19)24(15-20)21-13-22(14-21)32-16-28(29,30)17-34/h3-12,15,18,21-22,25-26,32,34-36H,1,13-14,16-17H2,2H3/t18-,21?,22?,25?,26?/m0/s1. The fourth-order valence-corrected chi connectivity index (χ4v) is 4.86. The number of nitrogens with one attached hydrogen (secondary N) is 1. The summed E-state index contributed by atoms with van der Waals surface area (Å²) in [5.41, 5.74) is 3.83. The molecule has 192 valence electrons. The lowest BCUT2D eigenvalue weighted by Gasteiger charge is -2.38. The molecule has 1 aliphatic rings. The van der Waals surface area contributed by atoms with E-state index < -0.39 is 37.3 Å². The summed E-state index contributed by atoms with van der Waals surface area (Å²) < 4.78 is 28.6. The summed E-state index contributed by atoms with van der Waals surface area (Å²) in [4.78, 5) is 4.21. The molecule has 4 N–H and O–H groups in total. The van der Waals surface area contributed by atoms with Crippen LogP contribution in [0.5, 0.6) is 0 Å². The fraction of sp³-hybridized carbons (Fsp3) is 0.393. The van der Waals surface area contributed by atoms with Gasteiger partial charge in [0, 0.05) is 18.4 Å². The van der Waals surface area contributed by atoms with Crippen molar-refractivity contribution in [3.8, 4) is 11.1 Å². The van der Waals surface area contributed by atoms with Crippen LogP contribution in [0.1, 0.15) is 60.9 Å². The van der Waals surface area contributed by atoms with Crippen molar-refractivity contribution in [2.24, 2.45) is 0 Å². The van der Waals surface area contributed by atoms with Crippen molar-refractivity contribution in [3.05, 3.63) is 90.5 Å². The summed E-state index contributed by atoms with van der Waals surface area (Å²) in [7, 11) is 0. The number of halogens is 2. The first-order valence-electron chi connectivity index (χ1n) is 12.2. The molecule has 0 bridgehead atoms. The third kappa shape index (κ3) is 5.57. The van der Waals surface area contributed by atoms with Gasteiger partial charge in [0.2, 0.25) is 0 Å². The van der Waals surface area contributed by atoms with E-state index in [9.17, 15) is 19.0 Å². The van der Waals surface area contributed by atoms with Crippen molar-refractivity contribution < 1.29 is 24.1 Å².